The summed E-state index contributed by atoms with van der Waals surface area (Å²) >= 11 is 3.25. The molecule has 5 heteroatoms. The molecule has 0 aromatic carbocycles. The van der Waals surface area contributed by atoms with Gasteiger partial charge < -0.3 is 5.73 Å². The first kappa shape index (κ1) is 9.63. The standard InChI is InChI=1S/C8H7BrN4/c9-4-2-1-3-7-6(5-10)8(11)13-12-7/h2,4H2,(H3,11,12,13). The van der Waals surface area contributed by atoms with Crippen LogP contribution in [0.25, 0.3) is 0 Å². The van der Waals surface area contributed by atoms with Crippen molar-refractivity contribution in [2.75, 3.05) is 11.1 Å². The van der Waals surface area contributed by atoms with Crippen LogP contribution in [0.3, 0.4) is 0 Å². The summed E-state index contributed by atoms with van der Waals surface area (Å²) in [6, 6.07) is 1.94. The normalized spacial score (nSPS) is 8.62. The van der Waals surface area contributed by atoms with Crippen molar-refractivity contribution < 1.29 is 0 Å². The van der Waals surface area contributed by atoms with Crippen molar-refractivity contribution in [3.8, 4) is 17.9 Å². The number of nitrogens with two attached hydrogens (primary N) is 1. The number of nitriles is 1. The summed E-state index contributed by atoms with van der Waals surface area (Å²) in [5.74, 6) is 5.85. The Bertz CT molecular complexity index is 391. The van der Waals surface area contributed by atoms with Crippen LogP contribution in [0.5, 0.6) is 0 Å². The van der Waals surface area contributed by atoms with Crippen LogP contribution >= 0.6 is 15.9 Å². The summed E-state index contributed by atoms with van der Waals surface area (Å²) in [7, 11) is 0. The van der Waals surface area contributed by atoms with E-state index in [1.807, 2.05) is 6.07 Å². The molecule has 0 spiro atoms. The van der Waals surface area contributed by atoms with Crippen molar-refractivity contribution >= 4 is 21.7 Å². The molecule has 0 unspecified atom stereocenters. The second-order valence-electron chi connectivity index (χ2n) is 2.21. The third kappa shape index (κ3) is 2.24. The highest BCUT2D eigenvalue weighted by atomic mass is 79.9. The van der Waals surface area contributed by atoms with Crippen LogP contribution in [0.1, 0.15) is 17.7 Å². The number of nitrogens with one attached hydrogen (secondary N) is 1. The molecule has 1 rings (SSSR count). The Labute approximate surface area is 84.3 Å². The number of aromatic amines is 1. The maximum absolute atomic E-state index is 8.68. The second kappa shape index (κ2) is 4.54. The van der Waals surface area contributed by atoms with Gasteiger partial charge >= 0.3 is 0 Å². The van der Waals surface area contributed by atoms with Crippen LogP contribution in [0.15, 0.2) is 0 Å². The summed E-state index contributed by atoms with van der Waals surface area (Å²) in [5, 5.41) is 15.8. The molecule has 1 heterocycles. The lowest BCUT2D eigenvalue weighted by Gasteiger charge is -1.82. The number of alkyl halides is 1. The summed E-state index contributed by atoms with van der Waals surface area (Å²) in [5.41, 5.74) is 6.22. The van der Waals surface area contributed by atoms with E-state index < -0.39 is 0 Å². The van der Waals surface area contributed by atoms with E-state index in [9.17, 15) is 0 Å². The highest BCUT2D eigenvalue weighted by Crippen LogP contribution is 2.09. The van der Waals surface area contributed by atoms with E-state index in [1.54, 1.807) is 0 Å². The van der Waals surface area contributed by atoms with Crippen LogP contribution in [0, 0.1) is 23.2 Å². The molecule has 0 saturated heterocycles. The Kier molecular flexibility index (Phi) is 3.36. The minimum atomic E-state index is 0.200. The number of halogens is 1. The van der Waals surface area contributed by atoms with Gasteiger partial charge in [-0.3, -0.25) is 5.10 Å². The zero-order valence-electron chi connectivity index (χ0n) is 6.76. The van der Waals surface area contributed by atoms with Gasteiger partial charge in [-0.05, 0) is 5.92 Å². The van der Waals surface area contributed by atoms with E-state index in [4.69, 9.17) is 11.0 Å². The van der Waals surface area contributed by atoms with Gasteiger partial charge in [0.1, 0.15) is 17.3 Å². The smallest absolute Gasteiger partial charge is 0.164 e. The van der Waals surface area contributed by atoms with Crippen LogP contribution < -0.4 is 5.73 Å². The van der Waals surface area contributed by atoms with E-state index in [1.165, 1.54) is 0 Å². The first-order chi connectivity index (χ1) is 6.29. The molecule has 66 valence electrons. The predicted molar refractivity (Wildman–Crippen MR) is 53.0 cm³/mol. The number of aromatic nitrogens is 2. The highest BCUT2D eigenvalue weighted by Gasteiger charge is 2.06. The minimum absolute atomic E-state index is 0.200. The molecule has 1 aromatic heterocycles. The van der Waals surface area contributed by atoms with Crippen LogP contribution in [-0.2, 0) is 0 Å². The number of nitrogen functional groups attached to an aromatic ring is 1. The Morgan fingerprint density at radius 2 is 2.38 bits per heavy atom. The molecule has 0 fully saturated rings. The van der Waals surface area contributed by atoms with Gasteiger partial charge in [0, 0.05) is 11.8 Å². The third-order valence-corrected chi connectivity index (χ3v) is 1.74. The van der Waals surface area contributed by atoms with Crippen LogP contribution in [-0.4, -0.2) is 15.5 Å². The van der Waals surface area contributed by atoms with Gasteiger partial charge in [-0.2, -0.15) is 10.4 Å². The number of nitrogens with zero attached hydrogens (tertiary/aromatic N) is 2. The van der Waals surface area contributed by atoms with Crippen molar-refractivity contribution in [1.82, 2.24) is 10.2 Å². The molecule has 0 aliphatic heterocycles. The summed E-state index contributed by atoms with van der Waals surface area (Å²) in [6.07, 6.45) is 0.726. The molecular weight excluding hydrogens is 232 g/mol. The molecule has 1 aromatic rings. The third-order valence-electron chi connectivity index (χ3n) is 1.34. The fraction of sp³-hybridized carbons (Fsp3) is 0.250. The van der Waals surface area contributed by atoms with Crippen molar-refractivity contribution in [3.63, 3.8) is 0 Å². The highest BCUT2D eigenvalue weighted by molar-refractivity contribution is 9.09. The SMILES string of the molecule is N#Cc1c(N)n[nH]c1C#CCCBr. The maximum Gasteiger partial charge on any atom is 0.164 e. The van der Waals surface area contributed by atoms with E-state index in [-0.39, 0.29) is 5.82 Å². The molecule has 0 saturated carbocycles. The van der Waals surface area contributed by atoms with E-state index >= 15 is 0 Å². The lowest BCUT2D eigenvalue weighted by Crippen LogP contribution is -1.87. The van der Waals surface area contributed by atoms with Gasteiger partial charge in [-0.1, -0.05) is 21.9 Å². The molecule has 0 amide bonds. The number of anilines is 1. The minimum Gasteiger partial charge on any atom is -0.381 e. The van der Waals surface area contributed by atoms with Gasteiger partial charge in [0.05, 0.1) is 0 Å². The quantitative estimate of drug-likeness (QED) is 0.566. The van der Waals surface area contributed by atoms with E-state index in [0.29, 0.717) is 11.3 Å². The van der Waals surface area contributed by atoms with Gasteiger partial charge in [-0.25, -0.2) is 0 Å². The second-order valence-corrected chi connectivity index (χ2v) is 3.00. The molecule has 0 radical (unpaired) electrons. The Hall–Kier alpha value is -1.46. The molecule has 0 aliphatic carbocycles. The number of H-pyrrole nitrogens is 1. The van der Waals surface area contributed by atoms with Gasteiger partial charge in [-0.15, -0.1) is 0 Å². The lowest BCUT2D eigenvalue weighted by atomic mass is 10.2. The fourth-order valence-electron chi connectivity index (χ4n) is 0.758. The van der Waals surface area contributed by atoms with Crippen molar-refractivity contribution in [2.45, 2.75) is 6.42 Å². The van der Waals surface area contributed by atoms with E-state index in [0.717, 1.165) is 11.8 Å². The van der Waals surface area contributed by atoms with Gasteiger partial charge in [0.25, 0.3) is 0 Å². The van der Waals surface area contributed by atoms with Crippen molar-refractivity contribution in [2.24, 2.45) is 0 Å². The molecule has 3 N–H and O–H groups in total. The number of rotatable bonds is 1. The molecule has 0 aliphatic rings. The zero-order valence-corrected chi connectivity index (χ0v) is 8.35. The molecule has 0 bridgehead atoms. The zero-order chi connectivity index (χ0) is 9.68. The Balaban J connectivity index is 2.92. The number of hydrogen-bond donors (Lipinski definition) is 2. The summed E-state index contributed by atoms with van der Waals surface area (Å²) in [6.45, 7) is 0. The van der Waals surface area contributed by atoms with Crippen LogP contribution in [0.2, 0.25) is 0 Å². The number of hydrogen-bond acceptors (Lipinski definition) is 3. The topological polar surface area (TPSA) is 78.5 Å². The Morgan fingerprint density at radius 1 is 1.62 bits per heavy atom. The van der Waals surface area contributed by atoms with Gasteiger partial charge in [0.2, 0.25) is 0 Å². The van der Waals surface area contributed by atoms with E-state index in [2.05, 4.69) is 38.0 Å². The molecular formula is C8H7BrN4. The Morgan fingerprint density at radius 3 is 3.00 bits per heavy atom. The molecule has 0 atom stereocenters. The monoisotopic (exact) mass is 238 g/mol. The first-order valence-corrected chi connectivity index (χ1v) is 4.70. The summed E-state index contributed by atoms with van der Waals surface area (Å²) in [4.78, 5) is 0. The maximum atomic E-state index is 8.68. The molecule has 4 nitrogen and oxygen atoms in total. The fourth-order valence-corrected chi connectivity index (χ4v) is 0.956. The molecule has 13 heavy (non-hydrogen) atoms. The van der Waals surface area contributed by atoms with Crippen LogP contribution in [0.4, 0.5) is 5.82 Å². The van der Waals surface area contributed by atoms with Crippen molar-refractivity contribution in [1.29, 1.82) is 5.26 Å². The predicted octanol–water partition coefficient (Wildman–Crippen LogP) is 1.00. The van der Waals surface area contributed by atoms with Crippen molar-refractivity contribution in [3.05, 3.63) is 11.3 Å². The van der Waals surface area contributed by atoms with Gasteiger partial charge in [0.15, 0.2) is 5.82 Å². The summed E-state index contributed by atoms with van der Waals surface area (Å²) < 4.78 is 0. The first-order valence-electron chi connectivity index (χ1n) is 3.58. The lowest BCUT2D eigenvalue weighted by molar-refractivity contribution is 1.08. The average Bonchev–Trinajstić information content (AvgIpc) is 2.47. The average molecular weight is 239 g/mol. The largest absolute Gasteiger partial charge is 0.381 e.